The van der Waals surface area contributed by atoms with Gasteiger partial charge < -0.3 is 15.4 Å². The molecule has 1 amide bonds. The van der Waals surface area contributed by atoms with Gasteiger partial charge in [-0.15, -0.1) is 0 Å². The minimum atomic E-state index is -0.498. The van der Waals surface area contributed by atoms with E-state index in [1.807, 2.05) is 6.08 Å². The van der Waals surface area contributed by atoms with Gasteiger partial charge in [0.1, 0.15) is 23.7 Å². The summed E-state index contributed by atoms with van der Waals surface area (Å²) in [7, 11) is 1.54. The molecule has 3 aromatic rings. The molecule has 2 N–H and O–H groups in total. The van der Waals surface area contributed by atoms with Crippen molar-refractivity contribution in [3.8, 4) is 5.75 Å². The first-order valence-electron chi connectivity index (χ1n) is 11.5. The molecule has 34 heavy (non-hydrogen) atoms. The summed E-state index contributed by atoms with van der Waals surface area (Å²) < 4.78 is 19.0. The van der Waals surface area contributed by atoms with Crippen LogP contribution >= 0.6 is 11.6 Å². The third-order valence-corrected chi connectivity index (χ3v) is 7.28. The summed E-state index contributed by atoms with van der Waals surface area (Å²) in [4.78, 5) is 21.2. The highest BCUT2D eigenvalue weighted by Crippen LogP contribution is 2.59. The van der Waals surface area contributed by atoms with Gasteiger partial charge in [0, 0.05) is 17.1 Å². The van der Waals surface area contributed by atoms with Crippen LogP contribution in [-0.2, 0) is 4.79 Å². The van der Waals surface area contributed by atoms with E-state index >= 15 is 0 Å². The van der Waals surface area contributed by atoms with Gasteiger partial charge in [-0.25, -0.2) is 14.4 Å². The van der Waals surface area contributed by atoms with E-state index in [9.17, 15) is 9.18 Å². The molecular formula is C26H26ClFN4O2. The summed E-state index contributed by atoms with van der Waals surface area (Å²) in [6, 6.07) is 7.84. The average molecular weight is 481 g/mol. The van der Waals surface area contributed by atoms with Gasteiger partial charge >= 0.3 is 0 Å². The van der Waals surface area contributed by atoms with Gasteiger partial charge in [0.25, 0.3) is 0 Å². The van der Waals surface area contributed by atoms with Crippen molar-refractivity contribution >= 4 is 45.6 Å². The quantitative estimate of drug-likeness (QED) is 0.371. The molecule has 0 atom stereocenters. The summed E-state index contributed by atoms with van der Waals surface area (Å²) in [5, 5.41) is 6.72. The van der Waals surface area contributed by atoms with Gasteiger partial charge in [-0.05, 0) is 73.8 Å². The fourth-order valence-corrected chi connectivity index (χ4v) is 5.30. The number of nitrogens with zero attached hydrogens (tertiary/aromatic N) is 2. The summed E-state index contributed by atoms with van der Waals surface area (Å²) in [6.45, 7) is 0. The molecule has 5 rings (SSSR count). The minimum absolute atomic E-state index is 0.00882. The molecule has 0 radical (unpaired) electrons. The van der Waals surface area contributed by atoms with Crippen LogP contribution in [0.4, 0.5) is 21.6 Å². The topological polar surface area (TPSA) is 76.1 Å². The SMILES string of the molecule is COc1cc2ncnc(Nc3ccc(F)c(Cl)c3)c2cc1NC(=O)C=CCC1CC2(CCC2)C1. The van der Waals surface area contributed by atoms with Crippen LogP contribution in [0.3, 0.4) is 0 Å². The normalized spacial score (nSPS) is 16.9. The van der Waals surface area contributed by atoms with E-state index in [-0.39, 0.29) is 10.9 Å². The molecule has 1 aromatic heterocycles. The zero-order valence-corrected chi connectivity index (χ0v) is 19.7. The Morgan fingerprint density at radius 1 is 1.26 bits per heavy atom. The highest BCUT2D eigenvalue weighted by Gasteiger charge is 2.47. The van der Waals surface area contributed by atoms with Crippen LogP contribution in [0.1, 0.15) is 38.5 Å². The Bertz CT molecular complexity index is 1270. The first-order valence-corrected chi connectivity index (χ1v) is 11.8. The molecule has 176 valence electrons. The van der Waals surface area contributed by atoms with Crippen LogP contribution in [0.15, 0.2) is 48.8 Å². The lowest BCUT2D eigenvalue weighted by Crippen LogP contribution is -2.42. The molecule has 0 unspecified atom stereocenters. The van der Waals surface area contributed by atoms with Crippen LogP contribution in [0.2, 0.25) is 5.02 Å². The molecular weight excluding hydrogens is 455 g/mol. The predicted molar refractivity (Wildman–Crippen MR) is 132 cm³/mol. The lowest BCUT2D eigenvalue weighted by Gasteiger charge is -2.54. The van der Waals surface area contributed by atoms with Gasteiger partial charge in [-0.1, -0.05) is 24.1 Å². The number of allylic oxidation sites excluding steroid dienone is 1. The van der Waals surface area contributed by atoms with Gasteiger partial charge in [-0.3, -0.25) is 4.79 Å². The summed E-state index contributed by atoms with van der Waals surface area (Å²) in [5.41, 5.74) is 2.37. The van der Waals surface area contributed by atoms with Crippen molar-refractivity contribution in [1.82, 2.24) is 9.97 Å². The number of benzene rings is 2. The third kappa shape index (κ3) is 4.57. The number of hydrogen-bond donors (Lipinski definition) is 2. The third-order valence-electron chi connectivity index (χ3n) is 6.99. The Morgan fingerprint density at radius 2 is 2.09 bits per heavy atom. The number of fused-ring (bicyclic) bond motifs is 1. The molecule has 1 spiro atoms. The fraction of sp³-hybridized carbons (Fsp3) is 0.346. The molecule has 0 bridgehead atoms. The molecule has 2 aromatic carbocycles. The van der Waals surface area contributed by atoms with E-state index in [0.717, 1.165) is 6.42 Å². The van der Waals surface area contributed by atoms with E-state index in [1.165, 1.54) is 50.6 Å². The summed E-state index contributed by atoms with van der Waals surface area (Å²) in [6.07, 6.45) is 12.6. The molecule has 1 heterocycles. The Morgan fingerprint density at radius 3 is 2.79 bits per heavy atom. The van der Waals surface area contributed by atoms with Crippen molar-refractivity contribution in [1.29, 1.82) is 0 Å². The monoisotopic (exact) mass is 480 g/mol. The fourth-order valence-electron chi connectivity index (χ4n) is 5.12. The zero-order chi connectivity index (χ0) is 23.7. The van der Waals surface area contributed by atoms with Crippen molar-refractivity contribution < 1.29 is 13.9 Å². The number of aromatic nitrogens is 2. The average Bonchev–Trinajstić information content (AvgIpc) is 2.76. The number of carbonyl (C=O) groups excluding carboxylic acids is 1. The van der Waals surface area contributed by atoms with Crippen molar-refractivity contribution in [3.05, 3.63) is 59.7 Å². The van der Waals surface area contributed by atoms with Crippen LogP contribution in [0.5, 0.6) is 5.75 Å². The van der Waals surface area contributed by atoms with E-state index in [2.05, 4.69) is 20.6 Å². The molecule has 0 saturated heterocycles. The zero-order valence-electron chi connectivity index (χ0n) is 18.9. The molecule has 2 fully saturated rings. The van der Waals surface area contributed by atoms with E-state index in [1.54, 1.807) is 31.4 Å². The van der Waals surface area contributed by atoms with Crippen LogP contribution in [0.25, 0.3) is 10.9 Å². The van der Waals surface area contributed by atoms with Crippen molar-refractivity contribution in [3.63, 3.8) is 0 Å². The van der Waals surface area contributed by atoms with Gasteiger partial charge in [-0.2, -0.15) is 0 Å². The maximum atomic E-state index is 13.5. The highest BCUT2D eigenvalue weighted by molar-refractivity contribution is 6.31. The number of methoxy groups -OCH3 is 1. The van der Waals surface area contributed by atoms with Crippen molar-refractivity contribution in [2.45, 2.75) is 38.5 Å². The minimum Gasteiger partial charge on any atom is -0.494 e. The van der Waals surface area contributed by atoms with E-state index in [0.29, 0.717) is 45.2 Å². The largest absolute Gasteiger partial charge is 0.494 e. The van der Waals surface area contributed by atoms with Gasteiger partial charge in [0.2, 0.25) is 5.91 Å². The Kier molecular flexibility index (Phi) is 6.13. The number of hydrogen-bond acceptors (Lipinski definition) is 5. The second-order valence-electron chi connectivity index (χ2n) is 9.30. The number of anilines is 3. The first kappa shape index (κ1) is 22.6. The summed E-state index contributed by atoms with van der Waals surface area (Å²) in [5.74, 6) is 0.977. The Labute approximate surface area is 202 Å². The molecule has 8 heteroatoms. The molecule has 2 aliphatic carbocycles. The number of amides is 1. The molecule has 6 nitrogen and oxygen atoms in total. The van der Waals surface area contributed by atoms with Crippen molar-refractivity contribution in [2.75, 3.05) is 17.7 Å². The van der Waals surface area contributed by atoms with E-state index in [4.69, 9.17) is 16.3 Å². The lowest BCUT2D eigenvalue weighted by atomic mass is 9.51. The number of carbonyl (C=O) groups is 1. The van der Waals surface area contributed by atoms with Crippen LogP contribution in [0, 0.1) is 17.2 Å². The standard InChI is InChI=1S/C26H26ClFN4O2/c1-34-23-12-21-18(25(30-15-29-21)31-17-6-7-20(28)19(27)10-17)11-22(23)32-24(33)5-2-4-16-13-26(14-16)8-3-9-26/h2,5-7,10-12,15-16H,3-4,8-9,13-14H2,1H3,(H,32,33)(H,29,30,31). The van der Waals surface area contributed by atoms with Crippen LogP contribution < -0.4 is 15.4 Å². The van der Waals surface area contributed by atoms with E-state index < -0.39 is 5.82 Å². The lowest BCUT2D eigenvalue weighted by molar-refractivity contribution is -0.111. The Balaban J connectivity index is 1.31. The van der Waals surface area contributed by atoms with Gasteiger partial charge in [0.05, 0.1) is 23.3 Å². The Hall–Kier alpha value is -3.19. The number of nitrogens with one attached hydrogen (secondary N) is 2. The molecule has 2 aliphatic rings. The molecule has 0 aliphatic heterocycles. The number of halogens is 2. The smallest absolute Gasteiger partial charge is 0.248 e. The first-order chi connectivity index (χ1) is 16.4. The van der Waals surface area contributed by atoms with Crippen molar-refractivity contribution in [2.24, 2.45) is 11.3 Å². The maximum Gasteiger partial charge on any atom is 0.248 e. The van der Waals surface area contributed by atoms with Gasteiger partial charge in [0.15, 0.2) is 0 Å². The number of rotatable bonds is 7. The highest BCUT2D eigenvalue weighted by atomic mass is 35.5. The molecule has 2 saturated carbocycles. The summed E-state index contributed by atoms with van der Waals surface area (Å²) >= 11 is 5.90. The maximum absolute atomic E-state index is 13.5. The second kappa shape index (κ2) is 9.22. The number of ether oxygens (including phenoxy) is 1. The van der Waals surface area contributed by atoms with Crippen LogP contribution in [-0.4, -0.2) is 23.0 Å². The second-order valence-corrected chi connectivity index (χ2v) is 9.71. The predicted octanol–water partition coefficient (Wildman–Crippen LogP) is 6.64.